The fourth-order valence-electron chi connectivity index (χ4n) is 3.05. The molecule has 1 heterocycles. The van der Waals surface area contributed by atoms with Gasteiger partial charge in [-0.15, -0.1) is 0 Å². The number of anilines is 1. The lowest BCUT2D eigenvalue weighted by Gasteiger charge is -2.25. The molecule has 0 saturated carbocycles. The van der Waals surface area contributed by atoms with Gasteiger partial charge in [0.15, 0.2) is 0 Å². The number of rotatable bonds is 7. The summed E-state index contributed by atoms with van der Waals surface area (Å²) in [5, 5.41) is 0. The third-order valence-corrected chi connectivity index (χ3v) is 5.42. The normalized spacial score (nSPS) is 10.8. The first-order chi connectivity index (χ1) is 13.5. The Kier molecular flexibility index (Phi) is 6.68. The molecule has 0 unspecified atom stereocenters. The van der Waals surface area contributed by atoms with Gasteiger partial charge >= 0.3 is 0 Å². The van der Waals surface area contributed by atoms with E-state index in [4.69, 9.17) is 4.74 Å². The number of hydrogen-bond acceptors (Lipinski definition) is 3. The summed E-state index contributed by atoms with van der Waals surface area (Å²) in [6.07, 6.45) is 0. The number of halogens is 2. The molecule has 0 spiro atoms. The van der Waals surface area contributed by atoms with Crippen LogP contribution in [0.4, 0.5) is 10.2 Å². The van der Waals surface area contributed by atoms with Gasteiger partial charge in [0, 0.05) is 18.7 Å². The molecule has 1 aromatic heterocycles. The summed E-state index contributed by atoms with van der Waals surface area (Å²) in [7, 11) is 1.66. The van der Waals surface area contributed by atoms with E-state index in [1.165, 1.54) is 11.1 Å². The Bertz CT molecular complexity index is 903. The van der Waals surface area contributed by atoms with Crippen molar-refractivity contribution >= 4 is 21.7 Å². The van der Waals surface area contributed by atoms with E-state index >= 15 is 0 Å². The van der Waals surface area contributed by atoms with E-state index in [0.717, 1.165) is 22.7 Å². The highest BCUT2D eigenvalue weighted by Crippen LogP contribution is 2.27. The lowest BCUT2D eigenvalue weighted by atomic mass is 10.1. The molecule has 0 atom stereocenters. The van der Waals surface area contributed by atoms with E-state index in [-0.39, 0.29) is 0 Å². The molecule has 3 aromatic rings. The molecule has 0 aliphatic carbocycles. The maximum atomic E-state index is 13.3. The van der Waals surface area contributed by atoms with E-state index in [2.05, 4.69) is 69.1 Å². The fraction of sp³-hybridized carbons (Fsp3) is 0.261. The zero-order valence-electron chi connectivity index (χ0n) is 16.4. The zero-order valence-corrected chi connectivity index (χ0v) is 18.0. The Labute approximate surface area is 174 Å². The summed E-state index contributed by atoms with van der Waals surface area (Å²) in [5.74, 6) is 1.65. The number of benzene rings is 2. The molecule has 0 aliphatic heterocycles. The van der Waals surface area contributed by atoms with Crippen molar-refractivity contribution in [2.45, 2.75) is 33.6 Å². The van der Waals surface area contributed by atoms with E-state index < -0.39 is 6.67 Å². The average Bonchev–Trinajstić information content (AvgIpc) is 2.69. The summed E-state index contributed by atoms with van der Waals surface area (Å²) < 4.78 is 19.1. The molecule has 0 bridgehead atoms. The summed E-state index contributed by atoms with van der Waals surface area (Å²) in [4.78, 5) is 6.83. The summed E-state index contributed by atoms with van der Waals surface area (Å²) >= 11 is 3.43. The Hall–Kier alpha value is -2.40. The number of ether oxygens (including phenoxy) is 1. The first kappa shape index (κ1) is 20.3. The van der Waals surface area contributed by atoms with Crippen molar-refractivity contribution in [3.8, 4) is 5.75 Å². The number of nitrogens with zero attached hydrogens (tertiary/aromatic N) is 2. The first-order valence-electron chi connectivity index (χ1n) is 9.15. The van der Waals surface area contributed by atoms with E-state index in [1.807, 2.05) is 25.1 Å². The summed E-state index contributed by atoms with van der Waals surface area (Å²) in [6.45, 7) is 4.86. The van der Waals surface area contributed by atoms with Crippen molar-refractivity contribution in [3.05, 3.63) is 87.0 Å². The Morgan fingerprint density at radius 1 is 0.964 bits per heavy atom. The number of hydrogen-bond donors (Lipinski definition) is 0. The molecule has 0 saturated heterocycles. The molecule has 2 aromatic carbocycles. The third kappa shape index (κ3) is 4.90. The van der Waals surface area contributed by atoms with Gasteiger partial charge in [0.25, 0.3) is 0 Å². The van der Waals surface area contributed by atoms with Gasteiger partial charge in [-0.3, -0.25) is 0 Å². The molecule has 0 aliphatic rings. The highest BCUT2D eigenvalue weighted by molar-refractivity contribution is 9.10. The first-order valence-corrected chi connectivity index (χ1v) is 9.95. The van der Waals surface area contributed by atoms with Crippen molar-refractivity contribution in [2.75, 3.05) is 12.0 Å². The van der Waals surface area contributed by atoms with Crippen molar-refractivity contribution < 1.29 is 9.13 Å². The van der Waals surface area contributed by atoms with E-state index in [0.29, 0.717) is 23.3 Å². The minimum Gasteiger partial charge on any atom is -0.497 e. The molecule has 0 radical (unpaired) electrons. The Balaban J connectivity index is 1.94. The maximum Gasteiger partial charge on any atom is 0.130 e. The topological polar surface area (TPSA) is 25.4 Å². The molecule has 5 heteroatoms. The van der Waals surface area contributed by atoms with Crippen LogP contribution >= 0.6 is 15.9 Å². The van der Waals surface area contributed by atoms with Gasteiger partial charge in [-0.25, -0.2) is 9.37 Å². The number of pyridine rings is 1. The van der Waals surface area contributed by atoms with Crippen LogP contribution in [0.15, 0.2) is 59.2 Å². The van der Waals surface area contributed by atoms with Gasteiger partial charge < -0.3 is 9.64 Å². The van der Waals surface area contributed by atoms with Crippen molar-refractivity contribution in [1.82, 2.24) is 4.98 Å². The quantitative estimate of drug-likeness (QED) is 0.410. The van der Waals surface area contributed by atoms with Crippen LogP contribution in [0.1, 0.15) is 27.8 Å². The molecule has 0 amide bonds. The van der Waals surface area contributed by atoms with Gasteiger partial charge in [0.1, 0.15) is 22.8 Å². The molecule has 0 fully saturated rings. The largest absolute Gasteiger partial charge is 0.497 e. The average molecular weight is 443 g/mol. The molecule has 146 valence electrons. The smallest absolute Gasteiger partial charge is 0.130 e. The van der Waals surface area contributed by atoms with Crippen LogP contribution in [0.3, 0.4) is 0 Å². The molecule has 0 N–H and O–H groups in total. The minimum atomic E-state index is -0.532. The van der Waals surface area contributed by atoms with Crippen LogP contribution in [-0.4, -0.2) is 12.1 Å². The Morgan fingerprint density at radius 2 is 1.54 bits per heavy atom. The molecular weight excluding hydrogens is 419 g/mol. The second-order valence-electron chi connectivity index (χ2n) is 6.89. The highest BCUT2D eigenvalue weighted by Gasteiger charge is 2.15. The fourth-order valence-corrected chi connectivity index (χ4v) is 3.65. The van der Waals surface area contributed by atoms with Crippen LogP contribution in [0.5, 0.6) is 5.75 Å². The molecule has 3 nitrogen and oxygen atoms in total. The van der Waals surface area contributed by atoms with Crippen molar-refractivity contribution in [1.29, 1.82) is 0 Å². The number of aromatic nitrogens is 1. The SMILES string of the molecule is COc1ccc(CN(Cc2ccc(C)cc2)c2cc(C)c(CF)c(Br)n2)cc1. The maximum absolute atomic E-state index is 13.3. The van der Waals surface area contributed by atoms with Crippen LogP contribution in [0.25, 0.3) is 0 Å². The van der Waals surface area contributed by atoms with Crippen LogP contribution < -0.4 is 9.64 Å². The van der Waals surface area contributed by atoms with E-state index in [1.54, 1.807) is 7.11 Å². The monoisotopic (exact) mass is 442 g/mol. The summed E-state index contributed by atoms with van der Waals surface area (Å²) in [5.41, 5.74) is 5.07. The van der Waals surface area contributed by atoms with Gasteiger partial charge in [-0.2, -0.15) is 0 Å². The van der Waals surface area contributed by atoms with Crippen LogP contribution in [0.2, 0.25) is 0 Å². The molecular formula is C23H24BrFN2O. The standard InChI is InChI=1S/C23H24BrFN2O/c1-16-4-6-18(7-5-16)14-27(15-19-8-10-20(28-3)11-9-19)22-12-17(2)21(13-25)23(24)26-22/h4-12H,13-15H2,1-3H3. The second kappa shape index (κ2) is 9.20. The zero-order chi connectivity index (χ0) is 20.1. The van der Waals surface area contributed by atoms with Crippen LogP contribution in [0, 0.1) is 13.8 Å². The van der Waals surface area contributed by atoms with Crippen molar-refractivity contribution in [2.24, 2.45) is 0 Å². The van der Waals surface area contributed by atoms with Gasteiger partial charge in [-0.1, -0.05) is 42.0 Å². The van der Waals surface area contributed by atoms with Gasteiger partial charge in [0.05, 0.1) is 7.11 Å². The minimum absolute atomic E-state index is 0.532. The summed E-state index contributed by atoms with van der Waals surface area (Å²) in [6, 6.07) is 18.5. The van der Waals surface area contributed by atoms with Crippen LogP contribution in [-0.2, 0) is 19.8 Å². The second-order valence-corrected chi connectivity index (χ2v) is 7.64. The lowest BCUT2D eigenvalue weighted by Crippen LogP contribution is -2.23. The highest BCUT2D eigenvalue weighted by atomic mass is 79.9. The predicted molar refractivity (Wildman–Crippen MR) is 116 cm³/mol. The molecule has 28 heavy (non-hydrogen) atoms. The predicted octanol–water partition coefficient (Wildman–Crippen LogP) is 6.15. The van der Waals surface area contributed by atoms with E-state index in [9.17, 15) is 4.39 Å². The lowest BCUT2D eigenvalue weighted by molar-refractivity contribution is 0.414. The van der Waals surface area contributed by atoms with Gasteiger partial charge in [-0.05, 0) is 64.7 Å². The Morgan fingerprint density at radius 3 is 2.04 bits per heavy atom. The number of aryl methyl sites for hydroxylation is 2. The number of alkyl halides is 1. The van der Waals surface area contributed by atoms with Crippen molar-refractivity contribution in [3.63, 3.8) is 0 Å². The van der Waals surface area contributed by atoms with Gasteiger partial charge in [0.2, 0.25) is 0 Å². The number of methoxy groups -OCH3 is 1. The molecule has 3 rings (SSSR count). The third-order valence-electron chi connectivity index (χ3n) is 4.77.